The van der Waals surface area contributed by atoms with Gasteiger partial charge in [0.15, 0.2) is 0 Å². The smallest absolute Gasteiger partial charge is 0.278 e. The van der Waals surface area contributed by atoms with Crippen molar-refractivity contribution in [2.24, 2.45) is 5.73 Å². The van der Waals surface area contributed by atoms with Crippen molar-refractivity contribution in [3.63, 3.8) is 0 Å². The second-order valence-corrected chi connectivity index (χ2v) is 5.54. The first kappa shape index (κ1) is 13.8. The van der Waals surface area contributed by atoms with Crippen LogP contribution < -0.4 is 11.1 Å². The van der Waals surface area contributed by atoms with E-state index in [1.807, 2.05) is 0 Å². The zero-order valence-corrected chi connectivity index (χ0v) is 11.7. The van der Waals surface area contributed by atoms with E-state index in [0.29, 0.717) is 23.0 Å². The summed E-state index contributed by atoms with van der Waals surface area (Å²) in [6.07, 6.45) is 5.72. The standard InChI is InChI=1S/C15H18N4O2/c16-10-3-5-11(6-4-10)18-13-7-8-14(19(20)21)12-2-1-9-17-15(12)13/h1-2,7-11,18H,3-6,16H2. The molecule has 0 unspecified atom stereocenters. The highest BCUT2D eigenvalue weighted by atomic mass is 16.6. The maximum Gasteiger partial charge on any atom is 0.278 e. The minimum Gasteiger partial charge on any atom is -0.381 e. The quantitative estimate of drug-likeness (QED) is 0.668. The normalized spacial score (nSPS) is 22.1. The Morgan fingerprint density at radius 3 is 2.71 bits per heavy atom. The van der Waals surface area contributed by atoms with Crippen LogP contribution in [0.1, 0.15) is 25.7 Å². The molecule has 2 aromatic rings. The summed E-state index contributed by atoms with van der Waals surface area (Å²) in [5.41, 5.74) is 7.52. The second-order valence-electron chi connectivity index (χ2n) is 5.54. The molecule has 1 aromatic carbocycles. The molecule has 0 saturated heterocycles. The number of fused-ring (bicyclic) bond motifs is 1. The van der Waals surface area contributed by atoms with Gasteiger partial charge in [-0.15, -0.1) is 0 Å². The molecule has 3 N–H and O–H groups in total. The lowest BCUT2D eigenvalue weighted by atomic mass is 9.91. The summed E-state index contributed by atoms with van der Waals surface area (Å²) in [7, 11) is 0. The number of hydrogen-bond acceptors (Lipinski definition) is 5. The van der Waals surface area contributed by atoms with Crippen molar-refractivity contribution in [2.45, 2.75) is 37.8 Å². The van der Waals surface area contributed by atoms with Crippen molar-refractivity contribution < 1.29 is 4.92 Å². The first-order chi connectivity index (χ1) is 10.1. The number of pyridine rings is 1. The third-order valence-corrected chi connectivity index (χ3v) is 4.07. The molecule has 1 heterocycles. The third kappa shape index (κ3) is 2.80. The van der Waals surface area contributed by atoms with Crippen molar-refractivity contribution in [1.82, 2.24) is 4.98 Å². The van der Waals surface area contributed by atoms with Gasteiger partial charge in [-0.3, -0.25) is 15.1 Å². The minimum absolute atomic E-state index is 0.0920. The number of hydrogen-bond donors (Lipinski definition) is 2. The van der Waals surface area contributed by atoms with E-state index in [1.54, 1.807) is 30.5 Å². The number of aromatic nitrogens is 1. The van der Waals surface area contributed by atoms with Crippen LogP contribution in [-0.2, 0) is 0 Å². The summed E-state index contributed by atoms with van der Waals surface area (Å²) in [6.45, 7) is 0. The number of nitro groups is 1. The minimum atomic E-state index is -0.368. The van der Waals surface area contributed by atoms with Gasteiger partial charge in [0.2, 0.25) is 0 Å². The lowest BCUT2D eigenvalue weighted by Gasteiger charge is -2.27. The molecule has 1 saturated carbocycles. The molecule has 3 rings (SSSR count). The number of nitrogens with two attached hydrogens (primary N) is 1. The van der Waals surface area contributed by atoms with E-state index in [4.69, 9.17) is 5.73 Å². The summed E-state index contributed by atoms with van der Waals surface area (Å²) in [5, 5.41) is 15.1. The van der Waals surface area contributed by atoms with E-state index in [9.17, 15) is 10.1 Å². The Morgan fingerprint density at radius 2 is 2.00 bits per heavy atom. The first-order valence-corrected chi connectivity index (χ1v) is 7.19. The van der Waals surface area contributed by atoms with E-state index in [1.165, 1.54) is 0 Å². The Morgan fingerprint density at radius 1 is 1.24 bits per heavy atom. The van der Waals surface area contributed by atoms with Crippen LogP contribution in [0.4, 0.5) is 11.4 Å². The van der Waals surface area contributed by atoms with Gasteiger partial charge in [0, 0.05) is 24.3 Å². The number of rotatable bonds is 3. The van der Waals surface area contributed by atoms with E-state index >= 15 is 0 Å². The topological polar surface area (TPSA) is 94.1 Å². The third-order valence-electron chi connectivity index (χ3n) is 4.07. The van der Waals surface area contributed by atoms with Crippen LogP contribution in [0.15, 0.2) is 30.5 Å². The largest absolute Gasteiger partial charge is 0.381 e. The zero-order valence-electron chi connectivity index (χ0n) is 11.7. The van der Waals surface area contributed by atoms with Crippen LogP contribution >= 0.6 is 0 Å². The molecule has 0 radical (unpaired) electrons. The molecule has 1 aliphatic rings. The molecule has 6 nitrogen and oxygen atoms in total. The fourth-order valence-electron chi connectivity index (χ4n) is 2.92. The van der Waals surface area contributed by atoms with Gasteiger partial charge in [0.1, 0.15) is 5.52 Å². The van der Waals surface area contributed by atoms with E-state index < -0.39 is 0 Å². The number of benzene rings is 1. The van der Waals surface area contributed by atoms with Crippen LogP contribution in [0, 0.1) is 10.1 Å². The average molecular weight is 286 g/mol. The average Bonchev–Trinajstić information content (AvgIpc) is 2.49. The molecule has 1 fully saturated rings. The van der Waals surface area contributed by atoms with Crippen molar-refractivity contribution in [1.29, 1.82) is 0 Å². The fourth-order valence-corrected chi connectivity index (χ4v) is 2.92. The molecule has 0 bridgehead atoms. The number of nitrogens with zero attached hydrogens (tertiary/aromatic N) is 2. The summed E-state index contributed by atoms with van der Waals surface area (Å²) < 4.78 is 0. The van der Waals surface area contributed by atoms with Gasteiger partial charge in [-0.05, 0) is 43.9 Å². The Bertz CT molecular complexity index is 666. The maximum atomic E-state index is 11.1. The molecule has 0 atom stereocenters. The summed E-state index contributed by atoms with van der Waals surface area (Å²) >= 11 is 0. The van der Waals surface area contributed by atoms with Crippen molar-refractivity contribution in [3.05, 3.63) is 40.6 Å². The predicted molar refractivity (Wildman–Crippen MR) is 82.3 cm³/mol. The number of anilines is 1. The van der Waals surface area contributed by atoms with E-state index in [-0.39, 0.29) is 10.6 Å². The van der Waals surface area contributed by atoms with Gasteiger partial charge in [-0.1, -0.05) is 0 Å². The predicted octanol–water partition coefficient (Wildman–Crippen LogP) is 2.82. The fraction of sp³-hybridized carbons (Fsp3) is 0.400. The molecule has 1 aromatic heterocycles. The Balaban J connectivity index is 1.93. The highest BCUT2D eigenvalue weighted by Crippen LogP contribution is 2.31. The van der Waals surface area contributed by atoms with E-state index in [0.717, 1.165) is 31.4 Å². The van der Waals surface area contributed by atoms with Crippen molar-refractivity contribution in [3.8, 4) is 0 Å². The summed E-state index contributed by atoms with van der Waals surface area (Å²) in [5.74, 6) is 0. The molecule has 1 aliphatic carbocycles. The summed E-state index contributed by atoms with van der Waals surface area (Å²) in [4.78, 5) is 15.0. The van der Waals surface area contributed by atoms with Crippen LogP contribution in [0.2, 0.25) is 0 Å². The van der Waals surface area contributed by atoms with Crippen LogP contribution in [0.25, 0.3) is 10.9 Å². The van der Waals surface area contributed by atoms with Crippen molar-refractivity contribution >= 4 is 22.3 Å². The molecular formula is C15H18N4O2. The Hall–Kier alpha value is -2.21. The highest BCUT2D eigenvalue weighted by molar-refractivity contribution is 5.96. The molecule has 6 heteroatoms. The van der Waals surface area contributed by atoms with Gasteiger partial charge < -0.3 is 11.1 Å². The van der Waals surface area contributed by atoms with Gasteiger partial charge >= 0.3 is 0 Å². The number of nitro benzene ring substituents is 1. The first-order valence-electron chi connectivity index (χ1n) is 7.19. The van der Waals surface area contributed by atoms with Crippen molar-refractivity contribution in [2.75, 3.05) is 5.32 Å². The molecule has 21 heavy (non-hydrogen) atoms. The molecule has 110 valence electrons. The van der Waals surface area contributed by atoms with E-state index in [2.05, 4.69) is 10.3 Å². The molecule has 0 amide bonds. The lowest BCUT2D eigenvalue weighted by Crippen LogP contribution is -2.32. The molecule has 0 aliphatic heterocycles. The number of non-ortho nitro benzene ring substituents is 1. The summed E-state index contributed by atoms with van der Waals surface area (Å²) in [6, 6.07) is 7.41. The monoisotopic (exact) mass is 286 g/mol. The van der Waals surface area contributed by atoms with Crippen LogP contribution in [-0.4, -0.2) is 22.0 Å². The van der Waals surface area contributed by atoms with Crippen LogP contribution in [0.3, 0.4) is 0 Å². The van der Waals surface area contributed by atoms with Gasteiger partial charge in [0.05, 0.1) is 16.0 Å². The van der Waals surface area contributed by atoms with Gasteiger partial charge in [0.25, 0.3) is 5.69 Å². The zero-order chi connectivity index (χ0) is 14.8. The second kappa shape index (κ2) is 5.65. The Labute approximate surface area is 122 Å². The SMILES string of the molecule is NC1CCC(Nc2ccc([N+](=O)[O-])c3cccnc23)CC1. The highest BCUT2D eigenvalue weighted by Gasteiger charge is 2.20. The lowest BCUT2D eigenvalue weighted by molar-refractivity contribution is -0.383. The van der Waals surface area contributed by atoms with Gasteiger partial charge in [-0.25, -0.2) is 0 Å². The number of nitrogens with one attached hydrogen (secondary N) is 1. The Kier molecular flexibility index (Phi) is 3.70. The van der Waals surface area contributed by atoms with Gasteiger partial charge in [-0.2, -0.15) is 0 Å². The van der Waals surface area contributed by atoms with Crippen LogP contribution in [0.5, 0.6) is 0 Å². The molecular weight excluding hydrogens is 268 g/mol. The molecule has 0 spiro atoms. The maximum absolute atomic E-state index is 11.1.